The molecule has 0 aliphatic carbocycles. The molecule has 0 radical (unpaired) electrons. The van der Waals surface area contributed by atoms with Crippen molar-refractivity contribution in [3.05, 3.63) is 29.8 Å². The van der Waals surface area contributed by atoms with Crippen molar-refractivity contribution in [3.8, 4) is 0 Å². The highest BCUT2D eigenvalue weighted by molar-refractivity contribution is 7.92. The normalized spacial score (nSPS) is 20.1. The zero-order chi connectivity index (χ0) is 14.6. The minimum atomic E-state index is -3.28. The van der Waals surface area contributed by atoms with Gasteiger partial charge in [-0.15, -0.1) is 0 Å². The summed E-state index contributed by atoms with van der Waals surface area (Å²) in [5.74, 6) is 0.713. The van der Waals surface area contributed by atoms with E-state index in [0.29, 0.717) is 11.6 Å². The summed E-state index contributed by atoms with van der Waals surface area (Å²) in [7, 11) is -3.28. The van der Waals surface area contributed by atoms with Crippen LogP contribution in [0.4, 0.5) is 5.69 Å². The maximum absolute atomic E-state index is 12.3. The molecule has 0 amide bonds. The molecule has 2 rings (SSSR count). The minimum Gasteiger partial charge on any atom is -0.316 e. The quantitative estimate of drug-likeness (QED) is 0.878. The monoisotopic (exact) mass is 296 g/mol. The first kappa shape index (κ1) is 15.3. The van der Waals surface area contributed by atoms with E-state index >= 15 is 0 Å². The van der Waals surface area contributed by atoms with Crippen LogP contribution in [0.15, 0.2) is 24.3 Å². The van der Waals surface area contributed by atoms with E-state index in [-0.39, 0.29) is 11.7 Å². The second kappa shape index (κ2) is 6.59. The Labute approximate surface area is 122 Å². The van der Waals surface area contributed by atoms with E-state index in [4.69, 9.17) is 0 Å². The molecule has 1 aliphatic rings. The summed E-state index contributed by atoms with van der Waals surface area (Å²) in [4.78, 5) is 0. The van der Waals surface area contributed by atoms with Crippen molar-refractivity contribution in [1.82, 2.24) is 5.32 Å². The van der Waals surface area contributed by atoms with Gasteiger partial charge in [-0.25, -0.2) is 8.42 Å². The number of piperidine rings is 1. The van der Waals surface area contributed by atoms with Gasteiger partial charge in [0.25, 0.3) is 0 Å². The summed E-state index contributed by atoms with van der Waals surface area (Å²) >= 11 is 0. The molecule has 1 atom stereocenters. The van der Waals surface area contributed by atoms with Crippen LogP contribution in [0.5, 0.6) is 0 Å². The van der Waals surface area contributed by atoms with Gasteiger partial charge in [-0.05, 0) is 49.4 Å². The Kier molecular flexibility index (Phi) is 5.05. The van der Waals surface area contributed by atoms with Crippen molar-refractivity contribution in [2.75, 3.05) is 23.6 Å². The highest BCUT2D eigenvalue weighted by atomic mass is 32.2. The third-order valence-corrected chi connectivity index (χ3v) is 5.14. The van der Waals surface area contributed by atoms with Crippen molar-refractivity contribution in [3.63, 3.8) is 0 Å². The molecule has 1 fully saturated rings. The largest absolute Gasteiger partial charge is 0.316 e. The summed E-state index contributed by atoms with van der Waals surface area (Å²) in [6, 6.07) is 7.63. The van der Waals surface area contributed by atoms with Gasteiger partial charge < -0.3 is 5.32 Å². The van der Waals surface area contributed by atoms with Gasteiger partial charge in [-0.3, -0.25) is 4.72 Å². The maximum atomic E-state index is 12.3. The first-order valence-electron chi connectivity index (χ1n) is 7.28. The number of nitrogens with one attached hydrogen (secondary N) is 2. The molecule has 2 N–H and O–H groups in total. The first-order chi connectivity index (χ1) is 9.48. The van der Waals surface area contributed by atoms with Crippen LogP contribution in [0, 0.1) is 5.92 Å². The Balaban J connectivity index is 2.08. The van der Waals surface area contributed by atoms with Gasteiger partial charge in [0.05, 0.1) is 11.4 Å². The fourth-order valence-corrected chi connectivity index (χ4v) is 4.19. The lowest BCUT2D eigenvalue weighted by molar-refractivity contribution is 0.404. The van der Waals surface area contributed by atoms with Gasteiger partial charge in [-0.1, -0.05) is 32.0 Å². The van der Waals surface area contributed by atoms with Crippen molar-refractivity contribution in [2.24, 2.45) is 5.92 Å². The van der Waals surface area contributed by atoms with E-state index in [1.165, 1.54) is 0 Å². The van der Waals surface area contributed by atoms with Gasteiger partial charge in [0.2, 0.25) is 10.0 Å². The zero-order valence-electron chi connectivity index (χ0n) is 12.2. The van der Waals surface area contributed by atoms with E-state index in [2.05, 4.69) is 23.9 Å². The average molecular weight is 296 g/mol. The van der Waals surface area contributed by atoms with E-state index in [0.717, 1.165) is 31.5 Å². The van der Waals surface area contributed by atoms with Crippen molar-refractivity contribution in [1.29, 1.82) is 0 Å². The van der Waals surface area contributed by atoms with E-state index in [9.17, 15) is 8.42 Å². The highest BCUT2D eigenvalue weighted by Gasteiger charge is 2.22. The van der Waals surface area contributed by atoms with Gasteiger partial charge >= 0.3 is 0 Å². The number of hydrogen-bond donors (Lipinski definition) is 2. The third kappa shape index (κ3) is 4.21. The number of hydrogen-bond acceptors (Lipinski definition) is 3. The van der Waals surface area contributed by atoms with Crippen LogP contribution < -0.4 is 10.0 Å². The Morgan fingerprint density at radius 3 is 2.75 bits per heavy atom. The number of para-hydroxylation sites is 1. The average Bonchev–Trinajstić information content (AvgIpc) is 2.39. The molecule has 20 heavy (non-hydrogen) atoms. The van der Waals surface area contributed by atoms with Crippen LogP contribution in [0.25, 0.3) is 0 Å². The van der Waals surface area contributed by atoms with E-state index in [1.807, 2.05) is 24.3 Å². The molecule has 1 aliphatic heterocycles. The number of benzene rings is 1. The molecule has 0 saturated carbocycles. The van der Waals surface area contributed by atoms with Crippen molar-refractivity contribution in [2.45, 2.75) is 32.6 Å². The molecule has 5 heteroatoms. The second-order valence-electron chi connectivity index (χ2n) is 5.84. The van der Waals surface area contributed by atoms with Crippen molar-refractivity contribution < 1.29 is 8.42 Å². The molecular formula is C15H24N2O2S. The molecule has 0 aromatic heterocycles. The fourth-order valence-electron chi connectivity index (χ4n) is 2.68. The first-order valence-corrected chi connectivity index (χ1v) is 8.93. The Hall–Kier alpha value is -1.07. The molecule has 1 heterocycles. The molecule has 4 nitrogen and oxygen atoms in total. The summed E-state index contributed by atoms with van der Waals surface area (Å²) in [5, 5.41) is 3.26. The van der Waals surface area contributed by atoms with Gasteiger partial charge in [0.1, 0.15) is 0 Å². The Morgan fingerprint density at radius 2 is 2.10 bits per heavy atom. The van der Waals surface area contributed by atoms with Crippen LogP contribution >= 0.6 is 0 Å². The molecule has 0 bridgehead atoms. The summed E-state index contributed by atoms with van der Waals surface area (Å²) in [5.41, 5.74) is 1.75. The maximum Gasteiger partial charge on any atom is 0.233 e. The van der Waals surface area contributed by atoms with Crippen LogP contribution in [-0.2, 0) is 10.0 Å². The van der Waals surface area contributed by atoms with Crippen molar-refractivity contribution >= 4 is 15.7 Å². The lowest BCUT2D eigenvalue weighted by Gasteiger charge is -2.23. The standard InChI is InChI=1S/C15H24N2O2S/c1-12(2)14-7-3-4-8-15(14)17-20(18,19)11-13-6-5-9-16-10-13/h3-4,7-8,12-13,16-17H,5-6,9-11H2,1-2H3. The van der Waals surface area contributed by atoms with Crippen LogP contribution in [-0.4, -0.2) is 27.3 Å². The van der Waals surface area contributed by atoms with Crippen LogP contribution in [0.2, 0.25) is 0 Å². The Bertz CT molecular complexity index is 535. The highest BCUT2D eigenvalue weighted by Crippen LogP contribution is 2.25. The topological polar surface area (TPSA) is 58.2 Å². The molecule has 1 aromatic carbocycles. The fraction of sp³-hybridized carbons (Fsp3) is 0.600. The summed E-state index contributed by atoms with van der Waals surface area (Å²) in [6.07, 6.45) is 2.04. The molecule has 0 spiro atoms. The van der Waals surface area contributed by atoms with Crippen LogP contribution in [0.3, 0.4) is 0 Å². The number of sulfonamides is 1. The second-order valence-corrected chi connectivity index (χ2v) is 7.60. The lowest BCUT2D eigenvalue weighted by atomic mass is 10.0. The number of rotatable bonds is 5. The lowest BCUT2D eigenvalue weighted by Crippen LogP contribution is -2.35. The van der Waals surface area contributed by atoms with Gasteiger partial charge in [-0.2, -0.15) is 0 Å². The predicted octanol–water partition coefficient (Wildman–Crippen LogP) is 2.55. The van der Waals surface area contributed by atoms with Gasteiger partial charge in [0, 0.05) is 0 Å². The van der Waals surface area contributed by atoms with Gasteiger partial charge in [0.15, 0.2) is 0 Å². The van der Waals surface area contributed by atoms with E-state index in [1.54, 1.807) is 0 Å². The summed E-state index contributed by atoms with van der Waals surface area (Å²) in [6.45, 7) is 5.93. The molecule has 1 unspecified atom stereocenters. The molecule has 1 aromatic rings. The number of anilines is 1. The smallest absolute Gasteiger partial charge is 0.233 e. The molecular weight excluding hydrogens is 272 g/mol. The van der Waals surface area contributed by atoms with E-state index < -0.39 is 10.0 Å². The Morgan fingerprint density at radius 1 is 1.35 bits per heavy atom. The predicted molar refractivity (Wildman–Crippen MR) is 83.5 cm³/mol. The van der Waals surface area contributed by atoms with Crippen LogP contribution in [0.1, 0.15) is 38.2 Å². The summed E-state index contributed by atoms with van der Waals surface area (Å²) < 4.78 is 27.4. The zero-order valence-corrected chi connectivity index (χ0v) is 13.0. The third-order valence-electron chi connectivity index (χ3n) is 3.70. The minimum absolute atomic E-state index is 0.201. The molecule has 112 valence electrons. The SMILES string of the molecule is CC(C)c1ccccc1NS(=O)(=O)CC1CCCNC1. The molecule has 1 saturated heterocycles.